The number of hydrogen-bond acceptors (Lipinski definition) is 4. The normalized spacial score (nSPS) is 11.0. The minimum atomic E-state index is -0.220. The molecule has 164 valence electrons. The van der Waals surface area contributed by atoms with Crippen LogP contribution in [0.2, 0.25) is 0 Å². The van der Waals surface area contributed by atoms with Crippen LogP contribution < -0.4 is 5.32 Å². The Morgan fingerprint density at radius 2 is 1.81 bits per heavy atom. The average molecular weight is 447 g/mol. The van der Waals surface area contributed by atoms with Crippen LogP contribution in [-0.4, -0.2) is 40.1 Å². The molecule has 4 aromatic rings. The molecule has 1 N–H and O–H groups in total. The number of fused-ring (bicyclic) bond motifs is 1. The zero-order valence-corrected chi connectivity index (χ0v) is 19.5. The maximum Gasteiger partial charge on any atom is 0.264 e. The number of hydrogen-bond donors (Lipinski definition) is 1. The third-order valence-electron chi connectivity index (χ3n) is 5.60. The molecule has 0 saturated carbocycles. The van der Waals surface area contributed by atoms with E-state index in [4.69, 9.17) is 0 Å². The van der Waals surface area contributed by atoms with Crippen LogP contribution in [0.3, 0.4) is 0 Å². The Hall–Kier alpha value is -3.45. The van der Waals surface area contributed by atoms with Gasteiger partial charge in [-0.15, -0.1) is 11.3 Å². The molecule has 0 saturated heterocycles. The molecule has 0 spiro atoms. The quantitative estimate of drug-likeness (QED) is 0.463. The van der Waals surface area contributed by atoms with Gasteiger partial charge in [-0.2, -0.15) is 5.10 Å². The van der Waals surface area contributed by atoms with Gasteiger partial charge in [-0.1, -0.05) is 42.5 Å². The Kier molecular flexibility index (Phi) is 6.10. The Bertz CT molecular complexity index is 1290. The number of nitrogens with zero attached hydrogens (tertiary/aromatic N) is 3. The number of aromatic nitrogens is 2. The molecule has 0 aliphatic rings. The SMILES string of the molecule is Cc1cccc(NC(=O)CN(C)C(=O)c2cc3c(C)nn(Cc4ccccc4)c3s2)c1C. The van der Waals surface area contributed by atoms with Crippen LogP contribution in [-0.2, 0) is 11.3 Å². The standard InChI is InChI=1S/C25H26N4O2S/c1-16-9-8-12-21(17(16)2)26-23(30)15-28(4)24(31)22-13-20-18(3)27-29(25(20)32-22)14-19-10-6-5-7-11-19/h5-13H,14-15H2,1-4H3,(H,26,30). The minimum Gasteiger partial charge on any atom is -0.332 e. The van der Waals surface area contributed by atoms with Crippen LogP contribution in [0.4, 0.5) is 5.69 Å². The van der Waals surface area contributed by atoms with Crippen molar-refractivity contribution in [2.75, 3.05) is 18.9 Å². The molecule has 0 radical (unpaired) electrons. The van der Waals surface area contributed by atoms with Gasteiger partial charge in [-0.3, -0.25) is 14.3 Å². The number of likely N-dealkylation sites (N-methyl/N-ethyl adjacent to an activating group) is 1. The number of rotatable bonds is 6. The van der Waals surface area contributed by atoms with Crippen molar-refractivity contribution >= 4 is 39.1 Å². The van der Waals surface area contributed by atoms with Crippen molar-refractivity contribution in [3.8, 4) is 0 Å². The Morgan fingerprint density at radius 1 is 1.06 bits per heavy atom. The highest BCUT2D eigenvalue weighted by atomic mass is 32.1. The van der Waals surface area contributed by atoms with Gasteiger partial charge in [-0.25, -0.2) is 0 Å². The van der Waals surface area contributed by atoms with Crippen LogP contribution in [0.1, 0.15) is 32.1 Å². The lowest BCUT2D eigenvalue weighted by molar-refractivity contribution is -0.116. The van der Waals surface area contributed by atoms with E-state index in [1.54, 1.807) is 7.05 Å². The predicted molar refractivity (Wildman–Crippen MR) is 129 cm³/mol. The fourth-order valence-electron chi connectivity index (χ4n) is 3.63. The highest BCUT2D eigenvalue weighted by Crippen LogP contribution is 2.29. The van der Waals surface area contributed by atoms with Crippen LogP contribution in [0.25, 0.3) is 10.2 Å². The third-order valence-corrected chi connectivity index (χ3v) is 6.74. The lowest BCUT2D eigenvalue weighted by Crippen LogP contribution is -2.34. The zero-order valence-electron chi connectivity index (χ0n) is 18.7. The fourth-order valence-corrected chi connectivity index (χ4v) is 4.79. The summed E-state index contributed by atoms with van der Waals surface area (Å²) in [7, 11) is 1.65. The molecule has 2 aromatic heterocycles. The van der Waals surface area contributed by atoms with Crippen LogP contribution in [0.15, 0.2) is 54.6 Å². The van der Waals surface area contributed by atoms with Gasteiger partial charge in [-0.05, 0) is 49.6 Å². The molecular formula is C25H26N4O2S. The summed E-state index contributed by atoms with van der Waals surface area (Å²) in [5.41, 5.74) is 4.95. The maximum atomic E-state index is 13.0. The largest absolute Gasteiger partial charge is 0.332 e. The van der Waals surface area contributed by atoms with Crippen molar-refractivity contribution in [2.45, 2.75) is 27.3 Å². The topological polar surface area (TPSA) is 67.2 Å². The van der Waals surface area contributed by atoms with Gasteiger partial charge in [0.2, 0.25) is 5.91 Å². The number of carbonyl (C=O) groups excluding carboxylic acids is 2. The Labute approximate surface area is 191 Å². The first-order valence-corrected chi connectivity index (χ1v) is 11.3. The number of aryl methyl sites for hydroxylation is 2. The van der Waals surface area contributed by atoms with E-state index in [0.29, 0.717) is 11.4 Å². The number of nitrogens with one attached hydrogen (secondary N) is 1. The van der Waals surface area contributed by atoms with E-state index in [-0.39, 0.29) is 18.4 Å². The first-order chi connectivity index (χ1) is 15.3. The van der Waals surface area contributed by atoms with Crippen molar-refractivity contribution in [2.24, 2.45) is 0 Å². The molecule has 0 fully saturated rings. The van der Waals surface area contributed by atoms with Crippen molar-refractivity contribution in [1.29, 1.82) is 0 Å². The van der Waals surface area contributed by atoms with E-state index < -0.39 is 0 Å². The molecule has 0 unspecified atom stereocenters. The van der Waals surface area contributed by atoms with E-state index in [1.807, 2.05) is 67.9 Å². The van der Waals surface area contributed by atoms with Gasteiger partial charge in [0.15, 0.2) is 0 Å². The Morgan fingerprint density at radius 3 is 2.56 bits per heavy atom. The molecule has 7 heteroatoms. The zero-order chi connectivity index (χ0) is 22.8. The van der Waals surface area contributed by atoms with Crippen LogP contribution in [0.5, 0.6) is 0 Å². The van der Waals surface area contributed by atoms with E-state index in [2.05, 4.69) is 22.5 Å². The molecule has 32 heavy (non-hydrogen) atoms. The smallest absolute Gasteiger partial charge is 0.264 e. The highest BCUT2D eigenvalue weighted by Gasteiger charge is 2.21. The number of benzene rings is 2. The summed E-state index contributed by atoms with van der Waals surface area (Å²) < 4.78 is 1.94. The second kappa shape index (κ2) is 8.96. The molecule has 2 amide bonds. The molecule has 0 atom stereocenters. The molecule has 6 nitrogen and oxygen atoms in total. The number of thiophene rings is 1. The predicted octanol–water partition coefficient (Wildman–Crippen LogP) is 4.78. The van der Waals surface area contributed by atoms with E-state index in [0.717, 1.165) is 38.3 Å². The summed E-state index contributed by atoms with van der Waals surface area (Å²) in [6.45, 7) is 6.55. The minimum absolute atomic E-state index is 0.0183. The molecule has 2 aromatic carbocycles. The third kappa shape index (κ3) is 4.43. The van der Waals surface area contributed by atoms with Crippen molar-refractivity contribution in [1.82, 2.24) is 14.7 Å². The monoisotopic (exact) mass is 446 g/mol. The van der Waals surface area contributed by atoms with Crippen LogP contribution in [0, 0.1) is 20.8 Å². The second-order valence-electron chi connectivity index (χ2n) is 8.01. The molecule has 0 bridgehead atoms. The van der Waals surface area contributed by atoms with Crippen molar-refractivity contribution in [3.63, 3.8) is 0 Å². The van der Waals surface area contributed by atoms with Crippen molar-refractivity contribution < 1.29 is 9.59 Å². The average Bonchev–Trinajstić information content (AvgIpc) is 3.33. The summed E-state index contributed by atoms with van der Waals surface area (Å²) in [6, 6.07) is 17.8. The molecule has 4 rings (SSSR count). The van der Waals surface area contributed by atoms with Gasteiger partial charge in [0, 0.05) is 18.1 Å². The van der Waals surface area contributed by atoms with E-state index in [1.165, 1.54) is 16.2 Å². The first-order valence-electron chi connectivity index (χ1n) is 10.5. The summed E-state index contributed by atoms with van der Waals surface area (Å²) in [4.78, 5) is 28.6. The number of amides is 2. The summed E-state index contributed by atoms with van der Waals surface area (Å²) in [5.74, 6) is -0.393. The summed E-state index contributed by atoms with van der Waals surface area (Å²) >= 11 is 1.41. The van der Waals surface area contributed by atoms with Gasteiger partial charge in [0.1, 0.15) is 4.83 Å². The van der Waals surface area contributed by atoms with E-state index in [9.17, 15) is 9.59 Å². The van der Waals surface area contributed by atoms with Gasteiger partial charge >= 0.3 is 0 Å². The molecule has 0 aliphatic heterocycles. The second-order valence-corrected chi connectivity index (χ2v) is 9.05. The van der Waals surface area contributed by atoms with Crippen molar-refractivity contribution in [3.05, 3.63) is 81.9 Å². The van der Waals surface area contributed by atoms with Crippen LogP contribution >= 0.6 is 11.3 Å². The summed E-state index contributed by atoms with van der Waals surface area (Å²) in [6.07, 6.45) is 0. The lowest BCUT2D eigenvalue weighted by atomic mass is 10.1. The molecular weight excluding hydrogens is 420 g/mol. The molecule has 0 aliphatic carbocycles. The van der Waals surface area contributed by atoms with Gasteiger partial charge in [0.05, 0.1) is 23.7 Å². The summed E-state index contributed by atoms with van der Waals surface area (Å²) in [5, 5.41) is 8.53. The van der Waals surface area contributed by atoms with E-state index >= 15 is 0 Å². The van der Waals surface area contributed by atoms with Gasteiger partial charge < -0.3 is 10.2 Å². The lowest BCUT2D eigenvalue weighted by Gasteiger charge is -2.17. The molecule has 2 heterocycles. The number of carbonyl (C=O) groups is 2. The van der Waals surface area contributed by atoms with Gasteiger partial charge in [0.25, 0.3) is 5.91 Å². The number of anilines is 1. The maximum absolute atomic E-state index is 13.0. The first kappa shape index (κ1) is 21.8. The Balaban J connectivity index is 1.48. The fraction of sp³-hybridized carbons (Fsp3) is 0.240. The highest BCUT2D eigenvalue weighted by molar-refractivity contribution is 7.20.